The lowest BCUT2D eigenvalue weighted by Crippen LogP contribution is -2.38. The number of pyridine rings is 3. The van der Waals surface area contributed by atoms with E-state index in [1.807, 2.05) is 42.6 Å². The van der Waals surface area contributed by atoms with Gasteiger partial charge in [-0.15, -0.1) is 0 Å². The number of halogens is 1. The highest BCUT2D eigenvalue weighted by molar-refractivity contribution is 6.34. The lowest BCUT2D eigenvalue weighted by atomic mass is 10.1. The summed E-state index contributed by atoms with van der Waals surface area (Å²) in [4.78, 5) is 15.3. The first kappa shape index (κ1) is 22.3. The summed E-state index contributed by atoms with van der Waals surface area (Å²) in [7, 11) is 0. The van der Waals surface area contributed by atoms with Crippen molar-refractivity contribution in [2.75, 3.05) is 24.6 Å². The van der Waals surface area contributed by atoms with Gasteiger partial charge in [0, 0.05) is 61.7 Å². The van der Waals surface area contributed by atoms with Crippen LogP contribution < -0.4 is 14.4 Å². The highest BCUT2D eigenvalue weighted by Gasteiger charge is 2.22. The molecule has 168 valence electrons. The van der Waals surface area contributed by atoms with Gasteiger partial charge in [-0.25, -0.2) is 15.0 Å². The third kappa shape index (κ3) is 5.66. The van der Waals surface area contributed by atoms with Crippen molar-refractivity contribution in [3.63, 3.8) is 0 Å². The van der Waals surface area contributed by atoms with Gasteiger partial charge in [0.25, 0.3) is 0 Å². The summed E-state index contributed by atoms with van der Waals surface area (Å²) in [5.74, 6) is 1.90. The SMILES string of the molecule is CC(C)(O)COc1nccc(-c2ccc(N3CCC(Oc4ccccn4)CC3)nc2)c1Cl. The molecule has 0 aliphatic carbocycles. The Balaban J connectivity index is 1.39. The van der Waals surface area contributed by atoms with E-state index in [0.717, 1.165) is 42.9 Å². The molecule has 1 aliphatic heterocycles. The van der Waals surface area contributed by atoms with Crippen molar-refractivity contribution in [1.82, 2.24) is 15.0 Å². The molecule has 1 saturated heterocycles. The highest BCUT2D eigenvalue weighted by Crippen LogP contribution is 2.34. The number of ether oxygens (including phenoxy) is 2. The number of rotatable bonds is 7. The maximum absolute atomic E-state index is 9.88. The molecule has 0 saturated carbocycles. The van der Waals surface area contributed by atoms with Crippen molar-refractivity contribution in [3.8, 4) is 22.9 Å². The van der Waals surface area contributed by atoms with E-state index in [1.54, 1.807) is 26.2 Å². The van der Waals surface area contributed by atoms with E-state index in [-0.39, 0.29) is 12.7 Å². The fourth-order valence-corrected chi connectivity index (χ4v) is 3.79. The molecule has 0 radical (unpaired) electrons. The van der Waals surface area contributed by atoms with Crippen LogP contribution in [0.1, 0.15) is 26.7 Å². The quantitative estimate of drug-likeness (QED) is 0.567. The molecule has 0 amide bonds. The Morgan fingerprint density at radius 1 is 1.06 bits per heavy atom. The molecule has 4 heterocycles. The van der Waals surface area contributed by atoms with Gasteiger partial charge in [0.05, 0.1) is 5.60 Å². The molecular weight excluding hydrogens is 428 g/mol. The zero-order valence-corrected chi connectivity index (χ0v) is 19.0. The summed E-state index contributed by atoms with van der Waals surface area (Å²) >= 11 is 6.52. The monoisotopic (exact) mass is 454 g/mol. The van der Waals surface area contributed by atoms with Gasteiger partial charge >= 0.3 is 0 Å². The Morgan fingerprint density at radius 2 is 1.88 bits per heavy atom. The topological polar surface area (TPSA) is 80.6 Å². The van der Waals surface area contributed by atoms with E-state index >= 15 is 0 Å². The first-order chi connectivity index (χ1) is 15.4. The molecule has 3 aromatic rings. The molecule has 0 atom stereocenters. The van der Waals surface area contributed by atoms with Crippen LogP contribution in [0.5, 0.6) is 11.8 Å². The summed E-state index contributed by atoms with van der Waals surface area (Å²) in [5, 5.41) is 10.3. The number of piperidine rings is 1. The van der Waals surface area contributed by atoms with Crippen molar-refractivity contribution >= 4 is 17.4 Å². The van der Waals surface area contributed by atoms with Gasteiger partial charge in [-0.3, -0.25) is 0 Å². The average Bonchev–Trinajstić information content (AvgIpc) is 2.79. The molecule has 0 spiro atoms. The maximum Gasteiger partial charge on any atom is 0.233 e. The van der Waals surface area contributed by atoms with Gasteiger partial charge in [0.2, 0.25) is 11.8 Å². The van der Waals surface area contributed by atoms with Crippen molar-refractivity contribution in [3.05, 3.63) is 60.0 Å². The normalized spacial score (nSPS) is 14.9. The second kappa shape index (κ2) is 9.71. The fraction of sp³-hybridized carbons (Fsp3) is 0.375. The Hall–Kier alpha value is -2.90. The highest BCUT2D eigenvalue weighted by atomic mass is 35.5. The predicted molar refractivity (Wildman–Crippen MR) is 124 cm³/mol. The van der Waals surface area contributed by atoms with Crippen LogP contribution in [-0.4, -0.2) is 51.5 Å². The molecule has 8 heteroatoms. The number of hydrogen-bond donors (Lipinski definition) is 1. The van der Waals surface area contributed by atoms with Gasteiger partial charge in [0.1, 0.15) is 23.6 Å². The number of hydrogen-bond acceptors (Lipinski definition) is 7. The minimum absolute atomic E-state index is 0.0976. The molecule has 1 N–H and O–H groups in total. The third-order valence-electron chi connectivity index (χ3n) is 5.17. The van der Waals surface area contributed by atoms with E-state index in [9.17, 15) is 5.11 Å². The number of anilines is 1. The molecule has 32 heavy (non-hydrogen) atoms. The summed E-state index contributed by atoms with van der Waals surface area (Å²) < 4.78 is 11.6. The van der Waals surface area contributed by atoms with Crippen LogP contribution in [0, 0.1) is 0 Å². The molecule has 0 unspecified atom stereocenters. The fourth-order valence-electron chi connectivity index (χ4n) is 3.52. The summed E-state index contributed by atoms with van der Waals surface area (Å²) in [6, 6.07) is 11.5. The first-order valence-electron chi connectivity index (χ1n) is 10.7. The van der Waals surface area contributed by atoms with Crippen LogP contribution in [0.2, 0.25) is 5.02 Å². The van der Waals surface area contributed by atoms with Crippen LogP contribution in [0.15, 0.2) is 55.0 Å². The van der Waals surface area contributed by atoms with Crippen LogP contribution >= 0.6 is 11.6 Å². The van der Waals surface area contributed by atoms with E-state index in [0.29, 0.717) is 16.8 Å². The molecule has 7 nitrogen and oxygen atoms in total. The Labute approximate surface area is 193 Å². The lowest BCUT2D eigenvalue weighted by molar-refractivity contribution is 0.0269. The van der Waals surface area contributed by atoms with Crippen LogP contribution in [0.3, 0.4) is 0 Å². The predicted octanol–water partition coefficient (Wildman–Crippen LogP) is 4.39. The Bertz CT molecular complexity index is 1020. The van der Waals surface area contributed by atoms with Crippen LogP contribution in [0.4, 0.5) is 5.82 Å². The van der Waals surface area contributed by atoms with Crippen molar-refractivity contribution in [2.45, 2.75) is 38.4 Å². The summed E-state index contributed by atoms with van der Waals surface area (Å²) in [6.07, 6.45) is 7.19. The van der Waals surface area contributed by atoms with E-state index < -0.39 is 5.60 Å². The Morgan fingerprint density at radius 3 is 2.53 bits per heavy atom. The Kier molecular flexibility index (Phi) is 6.77. The molecule has 1 fully saturated rings. The van der Waals surface area contributed by atoms with Crippen LogP contribution in [0.25, 0.3) is 11.1 Å². The molecule has 3 aromatic heterocycles. The summed E-state index contributed by atoms with van der Waals surface area (Å²) in [6.45, 7) is 5.17. The molecule has 0 aromatic carbocycles. The number of aliphatic hydroxyl groups is 1. The van der Waals surface area contributed by atoms with E-state index in [1.165, 1.54) is 0 Å². The molecule has 4 rings (SSSR count). The zero-order valence-electron chi connectivity index (χ0n) is 18.2. The first-order valence-corrected chi connectivity index (χ1v) is 11.1. The minimum Gasteiger partial charge on any atom is -0.474 e. The smallest absolute Gasteiger partial charge is 0.233 e. The van der Waals surface area contributed by atoms with Gasteiger partial charge in [-0.1, -0.05) is 17.7 Å². The second-order valence-electron chi connectivity index (χ2n) is 8.46. The third-order valence-corrected chi connectivity index (χ3v) is 5.53. The lowest BCUT2D eigenvalue weighted by Gasteiger charge is -2.32. The molecular formula is C24H27ClN4O3. The molecule has 1 aliphatic rings. The number of aromatic nitrogens is 3. The van der Waals surface area contributed by atoms with Gasteiger partial charge in [-0.05, 0) is 38.1 Å². The number of nitrogens with zero attached hydrogens (tertiary/aromatic N) is 4. The van der Waals surface area contributed by atoms with E-state index in [4.69, 9.17) is 21.1 Å². The molecule has 0 bridgehead atoms. The maximum atomic E-state index is 9.88. The van der Waals surface area contributed by atoms with Gasteiger partial charge in [-0.2, -0.15) is 0 Å². The van der Waals surface area contributed by atoms with E-state index in [2.05, 4.69) is 19.9 Å². The minimum atomic E-state index is -0.972. The summed E-state index contributed by atoms with van der Waals surface area (Å²) in [5.41, 5.74) is 0.692. The van der Waals surface area contributed by atoms with Gasteiger partial charge < -0.3 is 19.5 Å². The average molecular weight is 455 g/mol. The van der Waals surface area contributed by atoms with Crippen molar-refractivity contribution in [1.29, 1.82) is 0 Å². The largest absolute Gasteiger partial charge is 0.474 e. The van der Waals surface area contributed by atoms with Crippen LogP contribution in [-0.2, 0) is 0 Å². The van der Waals surface area contributed by atoms with Crippen molar-refractivity contribution < 1.29 is 14.6 Å². The zero-order chi connectivity index (χ0) is 22.6. The van der Waals surface area contributed by atoms with Crippen molar-refractivity contribution in [2.24, 2.45) is 0 Å². The standard InChI is InChI=1S/C24H27ClN4O3/c1-24(2,30)16-31-23-22(25)19(8-12-27-23)17-6-7-20(28-15-17)29-13-9-18(10-14-29)32-21-5-3-4-11-26-21/h3-8,11-12,15,18,30H,9-10,13-14,16H2,1-2H3. The second-order valence-corrected chi connectivity index (χ2v) is 8.83. The van der Waals surface area contributed by atoms with Gasteiger partial charge in [0.15, 0.2) is 0 Å².